The van der Waals surface area contributed by atoms with E-state index in [0.717, 1.165) is 24.8 Å². The maximum absolute atomic E-state index is 13.1. The van der Waals surface area contributed by atoms with E-state index in [4.69, 9.17) is 13.9 Å². The topological polar surface area (TPSA) is 92.4 Å². The second-order valence-corrected chi connectivity index (χ2v) is 13.0. The van der Waals surface area contributed by atoms with Gasteiger partial charge in [0.2, 0.25) is 0 Å². The number of aliphatic hydroxyl groups is 2. The molecule has 3 heterocycles. The van der Waals surface area contributed by atoms with E-state index in [1.807, 2.05) is 6.07 Å². The zero-order chi connectivity index (χ0) is 23.8. The van der Waals surface area contributed by atoms with Gasteiger partial charge in [-0.2, -0.15) is 0 Å². The Morgan fingerprint density at radius 3 is 2.39 bits per heavy atom. The summed E-state index contributed by atoms with van der Waals surface area (Å²) in [5.74, 6) is 0.345. The van der Waals surface area contributed by atoms with E-state index in [0.29, 0.717) is 12.3 Å². The van der Waals surface area contributed by atoms with Gasteiger partial charge < -0.3 is 24.1 Å². The van der Waals surface area contributed by atoms with Crippen LogP contribution in [0.3, 0.4) is 0 Å². The number of ether oxygens (including phenoxy) is 2. The van der Waals surface area contributed by atoms with Crippen molar-refractivity contribution in [2.24, 2.45) is 39.4 Å². The molecule has 0 aromatic carbocycles. The van der Waals surface area contributed by atoms with Crippen molar-refractivity contribution in [2.45, 2.75) is 97.2 Å². The molecule has 3 saturated carbocycles. The van der Waals surface area contributed by atoms with E-state index in [9.17, 15) is 15.0 Å². The van der Waals surface area contributed by atoms with Gasteiger partial charge in [0.25, 0.3) is 0 Å². The molecule has 11 atom stereocenters. The fourth-order valence-electron chi connectivity index (χ4n) is 9.83. The molecule has 5 fully saturated rings. The van der Waals surface area contributed by atoms with Gasteiger partial charge >= 0.3 is 5.97 Å². The summed E-state index contributed by atoms with van der Waals surface area (Å²) < 4.78 is 17.8. The van der Waals surface area contributed by atoms with Crippen LogP contribution in [-0.4, -0.2) is 40.1 Å². The Hall–Kier alpha value is -1.37. The molecule has 6 heteroatoms. The number of hydrogen-bond acceptors (Lipinski definition) is 6. The fourth-order valence-corrected chi connectivity index (χ4v) is 9.83. The maximum atomic E-state index is 13.1. The highest BCUT2D eigenvalue weighted by atomic mass is 16.7. The zero-order valence-electron chi connectivity index (χ0n) is 20.6. The molecule has 1 aromatic rings. The predicted molar refractivity (Wildman–Crippen MR) is 120 cm³/mol. The summed E-state index contributed by atoms with van der Waals surface area (Å²) in [6.07, 6.45) is 4.32. The van der Waals surface area contributed by atoms with Crippen LogP contribution in [0.15, 0.2) is 23.0 Å². The molecular formula is C27H38O6. The summed E-state index contributed by atoms with van der Waals surface area (Å²) >= 11 is 0. The van der Waals surface area contributed by atoms with Crippen molar-refractivity contribution in [2.75, 3.05) is 0 Å². The van der Waals surface area contributed by atoms with Crippen LogP contribution in [0.5, 0.6) is 0 Å². The van der Waals surface area contributed by atoms with E-state index in [1.165, 1.54) is 0 Å². The quantitative estimate of drug-likeness (QED) is 0.483. The third kappa shape index (κ3) is 2.21. The number of aliphatic hydroxyl groups excluding tert-OH is 2. The fraction of sp³-hybridized carbons (Fsp3) is 0.815. The number of cyclic esters (lactones) is 1. The molecule has 2 N–H and O–H groups in total. The molecule has 3 aliphatic carbocycles. The molecule has 2 saturated heterocycles. The minimum absolute atomic E-state index is 0.0736. The van der Waals surface area contributed by atoms with Gasteiger partial charge in [-0.15, -0.1) is 0 Å². The number of hydrogen-bond donors (Lipinski definition) is 2. The van der Waals surface area contributed by atoms with Crippen molar-refractivity contribution in [3.63, 3.8) is 0 Å². The summed E-state index contributed by atoms with van der Waals surface area (Å²) in [7, 11) is 0. The lowest BCUT2D eigenvalue weighted by atomic mass is 9.33. The molecule has 2 aliphatic heterocycles. The Bertz CT molecular complexity index is 987. The van der Waals surface area contributed by atoms with Crippen LogP contribution in [0.25, 0.3) is 0 Å². The first-order valence-corrected chi connectivity index (χ1v) is 12.6. The van der Waals surface area contributed by atoms with Gasteiger partial charge in [0.1, 0.15) is 11.7 Å². The normalized spacial score (nSPS) is 56.6. The van der Waals surface area contributed by atoms with E-state index in [2.05, 4.69) is 41.5 Å². The standard InChI is InChI=1S/C27H38O6/c1-14-11-18(28)23(2,3)17-12-19(29)26(6)16(25(14,17)5)7-9-24(4)20(15-8-10-31-13-15)32-22(30)21-27(24,26)33-21/h8,10,13-14,16-21,28-29H,7,9,11-12H2,1-6H3/t14?,16?,17-,18+,19+,20?,21+,24?,25+,26-,27+/m0/s1. The van der Waals surface area contributed by atoms with Gasteiger partial charge in [-0.3, -0.25) is 0 Å². The number of rotatable bonds is 1. The largest absolute Gasteiger partial charge is 0.472 e. The molecule has 6 rings (SSSR count). The van der Waals surface area contributed by atoms with Crippen molar-refractivity contribution in [1.29, 1.82) is 0 Å². The maximum Gasteiger partial charge on any atom is 0.339 e. The number of fused-ring (bicyclic) bond motifs is 3. The minimum Gasteiger partial charge on any atom is -0.472 e. The van der Waals surface area contributed by atoms with E-state index < -0.39 is 34.7 Å². The molecular weight excluding hydrogens is 420 g/mol. The first kappa shape index (κ1) is 22.1. The van der Waals surface area contributed by atoms with E-state index in [1.54, 1.807) is 12.5 Å². The van der Waals surface area contributed by atoms with Gasteiger partial charge in [-0.05, 0) is 60.3 Å². The highest BCUT2D eigenvalue weighted by Crippen LogP contribution is 2.80. The molecule has 182 valence electrons. The Labute approximate surface area is 196 Å². The van der Waals surface area contributed by atoms with Crippen molar-refractivity contribution in [1.82, 2.24) is 0 Å². The van der Waals surface area contributed by atoms with Crippen LogP contribution in [0.1, 0.15) is 78.9 Å². The van der Waals surface area contributed by atoms with Crippen LogP contribution in [0, 0.1) is 39.4 Å². The highest BCUT2D eigenvalue weighted by molar-refractivity contribution is 5.82. The average Bonchev–Trinajstić information content (AvgIpc) is 3.32. The monoisotopic (exact) mass is 458 g/mol. The first-order chi connectivity index (χ1) is 15.4. The molecule has 0 amide bonds. The lowest BCUT2D eigenvalue weighted by molar-refractivity contribution is -0.283. The number of carbonyl (C=O) groups is 1. The van der Waals surface area contributed by atoms with E-state index in [-0.39, 0.29) is 34.7 Å². The van der Waals surface area contributed by atoms with Crippen molar-refractivity contribution >= 4 is 5.97 Å². The van der Waals surface area contributed by atoms with Gasteiger partial charge in [0.15, 0.2) is 6.10 Å². The molecule has 33 heavy (non-hydrogen) atoms. The predicted octanol–water partition coefficient (Wildman–Crippen LogP) is 4.25. The SMILES string of the molecule is CC1C[C@@H](O)C(C)(C)[C@@H]2C[C@@H](O)[C@]3(C)C(CCC4(C)C(c5ccoc5)OC(=O)[C@H]5O[C@]543)[C@@]12C. The molecule has 0 bridgehead atoms. The molecule has 4 unspecified atom stereocenters. The summed E-state index contributed by atoms with van der Waals surface area (Å²) in [4.78, 5) is 13.1. The summed E-state index contributed by atoms with van der Waals surface area (Å²) in [6, 6.07) is 1.87. The van der Waals surface area contributed by atoms with Gasteiger partial charge in [0, 0.05) is 16.4 Å². The van der Waals surface area contributed by atoms with Crippen LogP contribution >= 0.6 is 0 Å². The molecule has 1 aromatic heterocycles. The Morgan fingerprint density at radius 1 is 1.00 bits per heavy atom. The second kappa shape index (κ2) is 6.24. The number of furan rings is 1. The third-order valence-electron chi connectivity index (χ3n) is 11.9. The Kier molecular flexibility index (Phi) is 4.18. The molecule has 6 nitrogen and oxygen atoms in total. The van der Waals surface area contributed by atoms with Crippen molar-refractivity contribution in [3.05, 3.63) is 24.2 Å². The second-order valence-electron chi connectivity index (χ2n) is 13.0. The smallest absolute Gasteiger partial charge is 0.339 e. The number of esters is 1. The van der Waals surface area contributed by atoms with Crippen LogP contribution in [0.2, 0.25) is 0 Å². The average molecular weight is 459 g/mol. The number of epoxide rings is 1. The summed E-state index contributed by atoms with van der Waals surface area (Å²) in [5.41, 5.74) is -1.33. The molecule has 0 radical (unpaired) electrons. The third-order valence-corrected chi connectivity index (χ3v) is 11.9. The van der Waals surface area contributed by atoms with Crippen LogP contribution in [0.4, 0.5) is 0 Å². The highest BCUT2D eigenvalue weighted by Gasteiger charge is 2.88. The van der Waals surface area contributed by atoms with Gasteiger partial charge in [-0.25, -0.2) is 4.79 Å². The Balaban J connectivity index is 1.51. The lowest BCUT2D eigenvalue weighted by Gasteiger charge is -2.71. The molecule has 5 aliphatic rings. The number of carbonyl (C=O) groups excluding carboxylic acids is 1. The summed E-state index contributed by atoms with van der Waals surface area (Å²) in [5, 5.41) is 22.9. The van der Waals surface area contributed by atoms with Gasteiger partial charge in [0.05, 0.1) is 24.7 Å². The summed E-state index contributed by atoms with van der Waals surface area (Å²) in [6.45, 7) is 13.3. The lowest BCUT2D eigenvalue weighted by Crippen LogP contribution is -2.74. The molecule has 1 spiro atoms. The zero-order valence-corrected chi connectivity index (χ0v) is 20.6. The van der Waals surface area contributed by atoms with E-state index >= 15 is 0 Å². The van der Waals surface area contributed by atoms with Gasteiger partial charge in [-0.1, -0.05) is 41.5 Å². The van der Waals surface area contributed by atoms with Crippen LogP contribution in [-0.2, 0) is 14.3 Å². The first-order valence-electron chi connectivity index (χ1n) is 12.6. The Morgan fingerprint density at radius 2 is 1.73 bits per heavy atom. The minimum atomic E-state index is -0.770. The van der Waals surface area contributed by atoms with Crippen LogP contribution < -0.4 is 0 Å². The van der Waals surface area contributed by atoms with Crippen molar-refractivity contribution in [3.8, 4) is 0 Å². The van der Waals surface area contributed by atoms with Crippen molar-refractivity contribution < 1.29 is 28.9 Å².